The zero-order valence-corrected chi connectivity index (χ0v) is 28.0. The van der Waals surface area contributed by atoms with E-state index in [1.165, 1.54) is 17.4 Å². The van der Waals surface area contributed by atoms with Gasteiger partial charge in [-0.2, -0.15) is 0 Å². The fraction of sp³-hybridized carbons (Fsp3) is 0.500. The van der Waals surface area contributed by atoms with Crippen molar-refractivity contribution in [1.29, 1.82) is 0 Å². The van der Waals surface area contributed by atoms with Crippen molar-refractivity contribution in [3.8, 4) is 10.4 Å². The molecule has 0 atom stereocenters. The number of ether oxygens (including phenoxy) is 1. The van der Waals surface area contributed by atoms with Crippen molar-refractivity contribution in [2.24, 2.45) is 0 Å². The number of amides is 3. The van der Waals surface area contributed by atoms with Crippen molar-refractivity contribution < 1.29 is 22.7 Å². The van der Waals surface area contributed by atoms with E-state index in [1.807, 2.05) is 19.9 Å². The van der Waals surface area contributed by atoms with Crippen LogP contribution in [-0.4, -0.2) is 47.7 Å². The smallest absolute Gasteiger partial charge is 0.407 e. The molecular formula is C32H42N6O5S2. The number of thiazole rings is 1. The molecule has 3 aliphatic carbocycles. The van der Waals surface area contributed by atoms with Crippen LogP contribution in [0, 0.1) is 0 Å². The highest BCUT2D eigenvalue weighted by Gasteiger charge is 2.51. The summed E-state index contributed by atoms with van der Waals surface area (Å²) in [5, 5.41) is 9.62. The Morgan fingerprint density at radius 2 is 1.73 bits per heavy atom. The van der Waals surface area contributed by atoms with Crippen LogP contribution < -0.4 is 20.7 Å². The molecule has 0 aliphatic heterocycles. The Balaban J connectivity index is 1.37. The second-order valence-electron chi connectivity index (χ2n) is 13.4. The van der Waals surface area contributed by atoms with E-state index in [0.717, 1.165) is 48.4 Å². The number of urea groups is 1. The molecule has 4 N–H and O–H groups in total. The van der Waals surface area contributed by atoms with Crippen LogP contribution in [0.25, 0.3) is 10.4 Å². The van der Waals surface area contributed by atoms with Gasteiger partial charge in [-0.25, -0.2) is 27.7 Å². The molecule has 0 saturated heterocycles. The lowest BCUT2D eigenvalue weighted by Gasteiger charge is -2.52. The maximum Gasteiger partial charge on any atom is 0.407 e. The van der Waals surface area contributed by atoms with Gasteiger partial charge in [0.05, 0.1) is 33.1 Å². The van der Waals surface area contributed by atoms with Gasteiger partial charge < -0.3 is 20.7 Å². The minimum Gasteiger partial charge on any atom is -0.447 e. The van der Waals surface area contributed by atoms with E-state index < -0.39 is 21.6 Å². The first-order valence-corrected chi connectivity index (χ1v) is 17.6. The van der Waals surface area contributed by atoms with E-state index in [4.69, 9.17) is 9.72 Å². The van der Waals surface area contributed by atoms with Crippen molar-refractivity contribution in [3.63, 3.8) is 0 Å². The summed E-state index contributed by atoms with van der Waals surface area (Å²) in [5.74, 6) is 0. The van der Waals surface area contributed by atoms with E-state index >= 15 is 0 Å². The van der Waals surface area contributed by atoms with Crippen LogP contribution in [0.1, 0.15) is 83.8 Å². The number of nitrogens with one attached hydrogen (secondary N) is 4. The van der Waals surface area contributed by atoms with Crippen molar-refractivity contribution in [2.75, 3.05) is 5.32 Å². The fourth-order valence-corrected chi connectivity index (χ4v) is 9.09. The molecule has 3 aliphatic rings. The van der Waals surface area contributed by atoms with Gasteiger partial charge in [-0.1, -0.05) is 12.1 Å². The maximum atomic E-state index is 13.7. The number of aromatic nitrogens is 2. The number of fused-ring (bicyclic) bond motifs is 3. The first-order valence-electron chi connectivity index (χ1n) is 15.3. The Morgan fingerprint density at radius 3 is 2.36 bits per heavy atom. The van der Waals surface area contributed by atoms with Gasteiger partial charge in [-0.05, 0) is 97.4 Å². The Bertz CT molecular complexity index is 1630. The van der Waals surface area contributed by atoms with Crippen LogP contribution in [-0.2, 0) is 26.7 Å². The number of carbonyl (C=O) groups excluding carboxylic acids is 2. The van der Waals surface area contributed by atoms with Crippen LogP contribution in [0.3, 0.4) is 0 Å². The molecule has 242 valence electrons. The van der Waals surface area contributed by atoms with Crippen LogP contribution in [0.5, 0.6) is 0 Å². The molecule has 11 nitrogen and oxygen atoms in total. The SMILES string of the molecule is CC(C)OC(=O)NC12CCC(c3ncc(-c4ccc(NC(=O)NCc5ccccn5)cc4S(=O)(=O)NC(C)(C)C)s3)(CC1)CC2. The molecular weight excluding hydrogens is 613 g/mol. The molecule has 3 aromatic rings. The van der Waals surface area contributed by atoms with Crippen molar-refractivity contribution >= 4 is 39.2 Å². The van der Waals surface area contributed by atoms with E-state index in [1.54, 1.807) is 57.4 Å². The second kappa shape index (κ2) is 12.7. The van der Waals surface area contributed by atoms with E-state index in [2.05, 4.69) is 25.7 Å². The molecule has 3 amide bonds. The molecule has 1 aromatic carbocycles. The predicted octanol–water partition coefficient (Wildman–Crippen LogP) is 6.08. The average Bonchev–Trinajstić information content (AvgIpc) is 3.47. The Kier molecular flexibility index (Phi) is 9.25. The minimum atomic E-state index is -3.97. The Morgan fingerprint density at radius 1 is 1.02 bits per heavy atom. The normalized spacial score (nSPS) is 21.4. The summed E-state index contributed by atoms with van der Waals surface area (Å²) >= 11 is 1.51. The van der Waals surface area contributed by atoms with Crippen LogP contribution >= 0.6 is 11.3 Å². The highest BCUT2D eigenvalue weighted by Crippen LogP contribution is 2.55. The molecule has 45 heavy (non-hydrogen) atoms. The third-order valence-corrected chi connectivity index (χ3v) is 11.4. The lowest BCUT2D eigenvalue weighted by atomic mass is 9.57. The molecule has 0 unspecified atom stereocenters. The molecule has 6 rings (SSSR count). The van der Waals surface area contributed by atoms with E-state index in [-0.39, 0.29) is 34.6 Å². The summed E-state index contributed by atoms with van der Waals surface area (Å²) in [5.41, 5.74) is 0.487. The fourth-order valence-electron chi connectivity index (χ4n) is 6.13. The lowest BCUT2D eigenvalue weighted by Crippen LogP contribution is -2.58. The molecule has 3 fully saturated rings. The number of alkyl carbamates (subject to hydrolysis) is 1. The third kappa shape index (κ3) is 7.82. The molecule has 0 radical (unpaired) electrons. The van der Waals surface area contributed by atoms with Gasteiger partial charge >= 0.3 is 12.1 Å². The van der Waals surface area contributed by atoms with Crippen molar-refractivity contribution in [2.45, 2.75) is 107 Å². The van der Waals surface area contributed by atoms with Crippen LogP contribution in [0.15, 0.2) is 53.7 Å². The number of rotatable bonds is 9. The summed E-state index contributed by atoms with van der Waals surface area (Å²) in [6, 6.07) is 9.86. The topological polar surface area (TPSA) is 151 Å². The second-order valence-corrected chi connectivity index (χ2v) is 16.0. The standard InChI is InChI=1S/C32H42N6O5S2/c1-21(2)43-29(40)37-32-14-11-31(12-15-32,13-16-32)27-34-20-25(44-27)24-10-9-22(18-26(24)45(41,42)38-30(3,4)5)36-28(39)35-19-23-8-6-7-17-33-23/h6-10,17-18,20-21,38H,11-16,19H2,1-5H3,(H,37,40)(H2,35,36,39). The molecule has 2 heterocycles. The van der Waals surface area contributed by atoms with Gasteiger partial charge in [0.25, 0.3) is 0 Å². The molecule has 2 bridgehead atoms. The predicted molar refractivity (Wildman–Crippen MR) is 175 cm³/mol. The number of hydrogen-bond acceptors (Lipinski definition) is 8. The molecule has 3 saturated carbocycles. The number of carbonyl (C=O) groups is 2. The Hall–Kier alpha value is -3.55. The number of hydrogen-bond donors (Lipinski definition) is 4. The monoisotopic (exact) mass is 654 g/mol. The van der Waals surface area contributed by atoms with Crippen molar-refractivity contribution in [3.05, 3.63) is 59.5 Å². The highest BCUT2D eigenvalue weighted by atomic mass is 32.2. The summed E-state index contributed by atoms with van der Waals surface area (Å²) in [6.07, 6.45) is 8.04. The molecule has 2 aromatic heterocycles. The van der Waals surface area contributed by atoms with Crippen molar-refractivity contribution in [1.82, 2.24) is 25.3 Å². The lowest BCUT2D eigenvalue weighted by molar-refractivity contribution is 0.0560. The van der Waals surface area contributed by atoms with Gasteiger partial charge in [-0.15, -0.1) is 11.3 Å². The summed E-state index contributed by atoms with van der Waals surface area (Å²) in [4.78, 5) is 34.8. The maximum absolute atomic E-state index is 13.7. The Labute approximate surface area is 269 Å². The first-order chi connectivity index (χ1) is 21.2. The molecule has 0 spiro atoms. The number of sulfonamides is 1. The zero-order chi connectivity index (χ0) is 32.5. The largest absolute Gasteiger partial charge is 0.447 e. The first kappa shape index (κ1) is 32.8. The number of pyridine rings is 1. The van der Waals surface area contributed by atoms with Crippen LogP contribution in [0.2, 0.25) is 0 Å². The quantitative estimate of drug-likeness (QED) is 0.218. The summed E-state index contributed by atoms with van der Waals surface area (Å²) in [7, 11) is -3.97. The number of benzene rings is 1. The van der Waals surface area contributed by atoms with Gasteiger partial charge in [0, 0.05) is 40.1 Å². The molecule has 13 heteroatoms. The summed E-state index contributed by atoms with van der Waals surface area (Å²) < 4.78 is 35.5. The van der Waals surface area contributed by atoms with Gasteiger partial charge in [0.15, 0.2) is 0 Å². The van der Waals surface area contributed by atoms with Crippen LogP contribution in [0.4, 0.5) is 15.3 Å². The van der Waals surface area contributed by atoms with Gasteiger partial charge in [-0.3, -0.25) is 4.98 Å². The van der Waals surface area contributed by atoms with E-state index in [0.29, 0.717) is 16.9 Å². The van der Waals surface area contributed by atoms with Gasteiger partial charge in [0.1, 0.15) is 0 Å². The third-order valence-electron chi connectivity index (χ3n) is 8.31. The van der Waals surface area contributed by atoms with Gasteiger partial charge in [0.2, 0.25) is 10.0 Å². The highest BCUT2D eigenvalue weighted by molar-refractivity contribution is 7.89. The van der Waals surface area contributed by atoms with E-state index in [9.17, 15) is 18.0 Å². The average molecular weight is 655 g/mol. The zero-order valence-electron chi connectivity index (χ0n) is 26.4. The number of anilines is 1. The minimum absolute atomic E-state index is 0.0619. The summed E-state index contributed by atoms with van der Waals surface area (Å²) in [6.45, 7) is 9.25. The number of nitrogens with zero attached hydrogens (tertiary/aromatic N) is 2.